The van der Waals surface area contributed by atoms with Crippen molar-refractivity contribution in [1.82, 2.24) is 18.8 Å². The van der Waals surface area contributed by atoms with Crippen LogP contribution >= 0.6 is 39.1 Å². The van der Waals surface area contributed by atoms with Gasteiger partial charge >= 0.3 is 11.4 Å². The van der Waals surface area contributed by atoms with Gasteiger partial charge in [-0.3, -0.25) is 14.5 Å². The summed E-state index contributed by atoms with van der Waals surface area (Å²) in [5.41, 5.74) is -0.103. The van der Waals surface area contributed by atoms with Crippen LogP contribution in [0.2, 0.25) is 0 Å². The Labute approximate surface area is 251 Å². The van der Waals surface area contributed by atoms with Gasteiger partial charge in [0.05, 0.1) is 37.9 Å². The van der Waals surface area contributed by atoms with Gasteiger partial charge in [-0.15, -0.1) is 23.2 Å². The number of carbonyl (C=O) groups excluding carboxylic acids is 2. The number of hydrogen-bond donors (Lipinski definition) is 1. The molecule has 2 amide bonds. The normalized spacial score (nSPS) is 26.8. The summed E-state index contributed by atoms with van der Waals surface area (Å²) in [5, 5.41) is 10.6. The zero-order valence-electron chi connectivity index (χ0n) is 21.7. The van der Waals surface area contributed by atoms with E-state index >= 15 is 0 Å². The number of phenols is 1. The Morgan fingerprint density at radius 1 is 1.00 bits per heavy atom. The number of aromatic hydroxyl groups is 1. The molecule has 0 unspecified atom stereocenters. The molecule has 4 atom stereocenters. The average molecular weight is 666 g/mol. The van der Waals surface area contributed by atoms with E-state index in [1.165, 1.54) is 35.7 Å². The number of ether oxygens (including phenoxy) is 2. The molecule has 2 aromatic carbocycles. The maximum Gasteiger partial charge on any atom is 0.352 e. The minimum absolute atomic E-state index is 0.00482. The molecule has 3 heterocycles. The number of methoxy groups -OCH3 is 2. The lowest BCUT2D eigenvalue weighted by Gasteiger charge is -2.49. The second-order valence-electron chi connectivity index (χ2n) is 9.96. The molecule has 214 valence electrons. The van der Waals surface area contributed by atoms with E-state index in [0.29, 0.717) is 16.8 Å². The Morgan fingerprint density at radius 3 is 2.22 bits per heavy atom. The van der Waals surface area contributed by atoms with Crippen molar-refractivity contribution in [2.45, 2.75) is 34.7 Å². The van der Waals surface area contributed by atoms with Crippen LogP contribution in [0.25, 0.3) is 5.69 Å². The lowest BCUT2D eigenvalue weighted by atomic mass is 9.64. The van der Waals surface area contributed by atoms with Crippen molar-refractivity contribution in [2.24, 2.45) is 0 Å². The van der Waals surface area contributed by atoms with Crippen molar-refractivity contribution in [3.05, 3.63) is 80.6 Å². The van der Waals surface area contributed by atoms with Crippen molar-refractivity contribution < 1.29 is 24.2 Å². The van der Waals surface area contributed by atoms with Crippen molar-refractivity contribution in [3.8, 4) is 22.9 Å². The summed E-state index contributed by atoms with van der Waals surface area (Å²) in [5.74, 6) is -2.73. The van der Waals surface area contributed by atoms with Crippen LogP contribution in [-0.2, 0) is 16.1 Å². The van der Waals surface area contributed by atoms with Crippen LogP contribution in [0.5, 0.6) is 17.2 Å². The molecule has 3 aromatic rings. The summed E-state index contributed by atoms with van der Waals surface area (Å²) < 4.78 is 14.3. The number of halogens is 3. The Morgan fingerprint density at radius 2 is 1.63 bits per heavy atom. The second-order valence-corrected chi connectivity index (χ2v) is 11.7. The van der Waals surface area contributed by atoms with Gasteiger partial charge in [0, 0.05) is 12.3 Å². The van der Waals surface area contributed by atoms with Gasteiger partial charge in [0.2, 0.25) is 5.75 Å². The predicted octanol–water partition coefficient (Wildman–Crippen LogP) is 2.87. The number of para-hydroxylation sites is 1. The Balaban J connectivity index is 1.64. The van der Waals surface area contributed by atoms with Gasteiger partial charge < -0.3 is 14.6 Å². The highest BCUT2D eigenvalue weighted by Gasteiger charge is 2.75. The smallest absolute Gasteiger partial charge is 0.352 e. The van der Waals surface area contributed by atoms with Gasteiger partial charge in [-0.1, -0.05) is 40.2 Å². The number of rotatable bonds is 5. The quantitative estimate of drug-likeness (QED) is 0.192. The van der Waals surface area contributed by atoms with Crippen LogP contribution in [-0.4, -0.2) is 65.2 Å². The fourth-order valence-electron chi connectivity index (χ4n) is 6.27. The average Bonchev–Trinajstić information content (AvgIpc) is 3.31. The Hall–Kier alpha value is -3.48. The largest absolute Gasteiger partial charge is 0.502 e. The fourth-order valence-corrected chi connectivity index (χ4v) is 7.67. The maximum atomic E-state index is 13.9. The van der Waals surface area contributed by atoms with Crippen LogP contribution in [0.15, 0.2) is 63.7 Å². The topological polar surface area (TPSA) is 125 Å². The first kappa shape index (κ1) is 27.7. The standard InChI is InChI=1S/C27H23BrCl2N4O7/c1-40-18-10-14(11-19(41-2)21(18)35)20-16-8-9-32-24(38)33(15-6-4-3-5-7-15)25(39)34(32)17(16)12-26(29)22(36)31(13-28)23(37)27(20,26)30/h3-8,10-11,17,20,35H,9,12-13H2,1-2H3/t17-,20+,26-,27+/m1/s1. The van der Waals surface area contributed by atoms with Gasteiger partial charge in [-0.2, -0.15) is 0 Å². The molecule has 1 saturated carbocycles. The molecule has 1 saturated heterocycles. The number of hydrogen-bond acceptors (Lipinski definition) is 7. The maximum absolute atomic E-state index is 13.9. The molecular weight excluding hydrogens is 643 g/mol. The van der Waals surface area contributed by atoms with Crippen LogP contribution in [0.3, 0.4) is 0 Å². The highest BCUT2D eigenvalue weighted by molar-refractivity contribution is 9.09. The van der Waals surface area contributed by atoms with E-state index in [2.05, 4.69) is 15.9 Å². The highest BCUT2D eigenvalue weighted by Crippen LogP contribution is 2.64. The molecule has 1 aromatic heterocycles. The number of aromatic nitrogens is 3. The van der Waals surface area contributed by atoms with Crippen LogP contribution < -0.4 is 20.9 Å². The van der Waals surface area contributed by atoms with Crippen molar-refractivity contribution in [1.29, 1.82) is 0 Å². The third-order valence-electron chi connectivity index (χ3n) is 8.13. The number of imide groups is 1. The molecule has 0 radical (unpaired) electrons. The molecule has 2 fully saturated rings. The monoisotopic (exact) mass is 664 g/mol. The minimum atomic E-state index is -2.02. The van der Waals surface area contributed by atoms with Crippen LogP contribution in [0.4, 0.5) is 0 Å². The molecule has 11 nitrogen and oxygen atoms in total. The van der Waals surface area contributed by atoms with Gasteiger partial charge in [0.15, 0.2) is 21.2 Å². The van der Waals surface area contributed by atoms with E-state index in [-0.39, 0.29) is 35.7 Å². The molecule has 41 heavy (non-hydrogen) atoms. The van der Waals surface area contributed by atoms with E-state index in [9.17, 15) is 24.3 Å². The summed E-state index contributed by atoms with van der Waals surface area (Å²) in [6, 6.07) is 10.5. The van der Waals surface area contributed by atoms with Crippen LogP contribution in [0.1, 0.15) is 23.9 Å². The number of phenolic OH excluding ortho intramolecular Hbond substituents is 1. The third kappa shape index (κ3) is 3.50. The molecule has 14 heteroatoms. The van der Waals surface area contributed by atoms with E-state index in [1.807, 2.05) is 0 Å². The number of allylic oxidation sites excluding steroid dienone is 2. The predicted molar refractivity (Wildman–Crippen MR) is 153 cm³/mol. The summed E-state index contributed by atoms with van der Waals surface area (Å²) in [4.78, 5) is 51.9. The van der Waals surface area contributed by atoms with Gasteiger partial charge in [0.1, 0.15) is 0 Å². The first-order valence-corrected chi connectivity index (χ1v) is 14.4. The number of likely N-dealkylation sites (tertiary alicyclic amines) is 1. The first-order valence-electron chi connectivity index (χ1n) is 12.5. The molecule has 1 aliphatic carbocycles. The molecule has 1 N–H and O–H groups in total. The molecule has 2 aliphatic heterocycles. The highest BCUT2D eigenvalue weighted by atomic mass is 79.9. The lowest BCUT2D eigenvalue weighted by molar-refractivity contribution is -0.138. The zero-order valence-corrected chi connectivity index (χ0v) is 24.8. The van der Waals surface area contributed by atoms with Crippen molar-refractivity contribution >= 4 is 50.9 Å². The summed E-state index contributed by atoms with van der Waals surface area (Å²) >= 11 is 17.6. The molecule has 3 aliphatic rings. The number of nitrogens with zero attached hydrogens (tertiary/aromatic N) is 4. The number of fused-ring (bicyclic) bond motifs is 4. The Bertz CT molecular complexity index is 1740. The van der Waals surface area contributed by atoms with E-state index in [4.69, 9.17) is 32.7 Å². The zero-order chi connectivity index (χ0) is 29.4. The Kier molecular flexibility index (Phi) is 6.44. The fraction of sp³-hybridized carbons (Fsp3) is 0.333. The molecular formula is C27H23BrCl2N4O7. The van der Waals surface area contributed by atoms with E-state index in [1.54, 1.807) is 36.4 Å². The minimum Gasteiger partial charge on any atom is -0.502 e. The third-order valence-corrected chi connectivity index (χ3v) is 10.0. The first-order chi connectivity index (χ1) is 19.5. The molecule has 0 bridgehead atoms. The van der Waals surface area contributed by atoms with Gasteiger partial charge in [-0.05, 0) is 35.4 Å². The molecule has 6 rings (SSSR count). The number of carbonyl (C=O) groups is 2. The van der Waals surface area contributed by atoms with Crippen LogP contribution in [0, 0.1) is 0 Å². The van der Waals surface area contributed by atoms with Crippen molar-refractivity contribution in [2.75, 3.05) is 19.7 Å². The van der Waals surface area contributed by atoms with Crippen molar-refractivity contribution in [3.63, 3.8) is 0 Å². The number of benzene rings is 2. The van der Waals surface area contributed by atoms with E-state index < -0.39 is 44.9 Å². The summed E-state index contributed by atoms with van der Waals surface area (Å²) in [6.07, 6.45) is 1.49. The number of alkyl halides is 3. The van der Waals surface area contributed by atoms with E-state index in [0.717, 1.165) is 9.47 Å². The van der Waals surface area contributed by atoms with Gasteiger partial charge in [0.25, 0.3) is 11.8 Å². The second kappa shape index (κ2) is 9.53. The number of amides is 2. The van der Waals surface area contributed by atoms with Gasteiger partial charge in [-0.25, -0.2) is 23.5 Å². The summed E-state index contributed by atoms with van der Waals surface area (Å²) in [6.45, 7) is -0.00482. The lowest BCUT2D eigenvalue weighted by Crippen LogP contribution is -2.59. The molecule has 0 spiro atoms. The summed E-state index contributed by atoms with van der Waals surface area (Å²) in [7, 11) is 2.71. The SMILES string of the molecule is COc1cc([C@H]2C3=CCn4c(=O)n(-c5ccccc5)c(=O)n4[C@@H]3C[C@@]3(Cl)C(=O)N(CBr)C(=O)[C@@]23Cl)cc(OC)c1O.